The molecule has 0 spiro atoms. The second kappa shape index (κ2) is 5.50. The summed E-state index contributed by atoms with van der Waals surface area (Å²) < 4.78 is 0. The first-order chi connectivity index (χ1) is 4.81. The minimum absolute atomic E-state index is 0.190. The van der Waals surface area contributed by atoms with E-state index in [1.54, 1.807) is 0 Å². The summed E-state index contributed by atoms with van der Waals surface area (Å²) in [7, 11) is 0. The molecule has 0 rings (SSSR count). The molecule has 0 bridgehead atoms. The van der Waals surface area contributed by atoms with Gasteiger partial charge in [-0.25, -0.2) is 0 Å². The molecule has 0 atom stereocenters. The average molecular weight is 138 g/mol. The Bertz CT molecular complexity index is 184. The molecule has 0 heterocycles. The molecule has 0 aliphatic carbocycles. The van der Waals surface area contributed by atoms with Gasteiger partial charge in [0, 0.05) is 22.9 Å². The third-order valence-corrected chi connectivity index (χ3v) is 0.715. The van der Waals surface area contributed by atoms with Crippen molar-refractivity contribution in [3.8, 4) is 0 Å². The zero-order valence-corrected chi connectivity index (χ0v) is 5.30. The fourth-order valence-electron chi connectivity index (χ4n) is 0.313. The van der Waals surface area contributed by atoms with E-state index in [-0.39, 0.29) is 13.1 Å². The lowest BCUT2D eigenvalue weighted by Gasteiger charge is -1.90. The molecule has 0 aliphatic rings. The minimum atomic E-state index is 0.190. The van der Waals surface area contributed by atoms with Gasteiger partial charge in [0.05, 0.1) is 0 Å². The van der Waals surface area contributed by atoms with Crippen LogP contribution in [-0.4, -0.2) is 13.1 Å². The van der Waals surface area contributed by atoms with Crippen LogP contribution >= 0.6 is 0 Å². The van der Waals surface area contributed by atoms with E-state index in [9.17, 15) is 0 Å². The Balaban J connectivity index is 3.63. The van der Waals surface area contributed by atoms with Crippen molar-refractivity contribution in [3.63, 3.8) is 0 Å². The lowest BCUT2D eigenvalue weighted by Crippen LogP contribution is -1.88. The van der Waals surface area contributed by atoms with E-state index in [1.165, 1.54) is 0 Å². The number of azide groups is 2. The van der Waals surface area contributed by atoms with E-state index < -0.39 is 0 Å². The second-order valence-corrected chi connectivity index (χ2v) is 1.53. The average Bonchev–Trinajstić information content (AvgIpc) is 1.97. The molecule has 10 heavy (non-hydrogen) atoms. The summed E-state index contributed by atoms with van der Waals surface area (Å²) in [6.45, 7) is 3.88. The lowest BCUT2D eigenvalue weighted by molar-refractivity contribution is 1.02. The van der Waals surface area contributed by atoms with E-state index in [1.807, 2.05) is 0 Å². The third-order valence-electron chi connectivity index (χ3n) is 0.715. The highest BCUT2D eigenvalue weighted by Crippen LogP contribution is 1.91. The molecule has 0 aromatic rings. The summed E-state index contributed by atoms with van der Waals surface area (Å²) in [5.74, 6) is 0. The first-order valence-corrected chi connectivity index (χ1v) is 2.49. The van der Waals surface area contributed by atoms with Crippen LogP contribution in [0, 0.1) is 0 Å². The van der Waals surface area contributed by atoms with Crippen LogP contribution in [0.3, 0.4) is 0 Å². The highest BCUT2D eigenvalue weighted by atomic mass is 15.1. The van der Waals surface area contributed by atoms with Crippen molar-refractivity contribution in [2.75, 3.05) is 13.1 Å². The Labute approximate surface area is 57.4 Å². The third kappa shape index (κ3) is 4.52. The molecule has 6 heteroatoms. The molecule has 0 N–H and O–H groups in total. The van der Waals surface area contributed by atoms with Crippen LogP contribution in [-0.2, 0) is 0 Å². The van der Waals surface area contributed by atoms with Gasteiger partial charge in [-0.3, -0.25) is 0 Å². The predicted molar refractivity (Wildman–Crippen MR) is 37.2 cm³/mol. The van der Waals surface area contributed by atoms with Gasteiger partial charge in [0.1, 0.15) is 0 Å². The van der Waals surface area contributed by atoms with Crippen LogP contribution in [0.5, 0.6) is 0 Å². The molecule has 0 fully saturated rings. The van der Waals surface area contributed by atoms with Crippen molar-refractivity contribution in [1.82, 2.24) is 0 Å². The first kappa shape index (κ1) is 8.36. The molecule has 6 nitrogen and oxygen atoms in total. The van der Waals surface area contributed by atoms with Crippen LogP contribution < -0.4 is 0 Å². The minimum Gasteiger partial charge on any atom is -0.0996 e. The molecular formula is C4H6N6. The van der Waals surface area contributed by atoms with Gasteiger partial charge in [-0.1, -0.05) is 22.4 Å². The molecule has 0 radical (unpaired) electrons. The van der Waals surface area contributed by atoms with E-state index in [4.69, 9.17) is 11.1 Å². The number of hydrogen-bond acceptors (Lipinski definition) is 2. The van der Waals surface area contributed by atoms with Gasteiger partial charge >= 0.3 is 0 Å². The summed E-state index contributed by atoms with van der Waals surface area (Å²) in [6, 6.07) is 0. The normalized spacial score (nSPS) is 7.20. The molecule has 0 amide bonds. The van der Waals surface area contributed by atoms with Crippen molar-refractivity contribution >= 4 is 0 Å². The Morgan fingerprint density at radius 1 is 1.20 bits per heavy atom. The quantitative estimate of drug-likeness (QED) is 0.246. The predicted octanol–water partition coefficient (Wildman–Crippen LogP) is 2.16. The van der Waals surface area contributed by atoms with Crippen LogP contribution in [0.4, 0.5) is 0 Å². The second-order valence-electron chi connectivity index (χ2n) is 1.53. The maximum absolute atomic E-state index is 7.85. The number of hydrogen-bond donors (Lipinski definition) is 0. The summed E-state index contributed by atoms with van der Waals surface area (Å²) in [5, 5.41) is 6.44. The Kier molecular flexibility index (Phi) is 4.59. The van der Waals surface area contributed by atoms with Gasteiger partial charge in [-0.15, -0.1) is 0 Å². The molecule has 0 saturated heterocycles. The van der Waals surface area contributed by atoms with Gasteiger partial charge in [-0.2, -0.15) is 0 Å². The molecule has 0 unspecified atom stereocenters. The topological polar surface area (TPSA) is 97.5 Å². The lowest BCUT2D eigenvalue weighted by atomic mass is 10.3. The van der Waals surface area contributed by atoms with Gasteiger partial charge in [0.25, 0.3) is 0 Å². The zero-order valence-electron chi connectivity index (χ0n) is 5.30. The smallest absolute Gasteiger partial charge is 0.0468 e. The molecule has 0 aromatic carbocycles. The van der Waals surface area contributed by atoms with Crippen LogP contribution in [0.1, 0.15) is 0 Å². The van der Waals surface area contributed by atoms with Crippen molar-refractivity contribution in [3.05, 3.63) is 33.0 Å². The van der Waals surface area contributed by atoms with Crippen molar-refractivity contribution in [1.29, 1.82) is 0 Å². The largest absolute Gasteiger partial charge is 0.0996 e. The van der Waals surface area contributed by atoms with Crippen LogP contribution in [0.2, 0.25) is 0 Å². The number of rotatable bonds is 4. The van der Waals surface area contributed by atoms with Gasteiger partial charge in [-0.05, 0) is 11.1 Å². The van der Waals surface area contributed by atoms with E-state index in [0.29, 0.717) is 5.57 Å². The standard InChI is InChI=1S/C4H6N6/c1-4(2-7-9-5)3-8-10-6/h1-3H2. The van der Waals surface area contributed by atoms with Crippen molar-refractivity contribution in [2.24, 2.45) is 10.2 Å². The fourth-order valence-corrected chi connectivity index (χ4v) is 0.313. The van der Waals surface area contributed by atoms with Crippen LogP contribution in [0.15, 0.2) is 22.4 Å². The summed E-state index contributed by atoms with van der Waals surface area (Å²) >= 11 is 0. The highest BCUT2D eigenvalue weighted by molar-refractivity contribution is 4.99. The van der Waals surface area contributed by atoms with E-state index in [0.717, 1.165) is 0 Å². The SMILES string of the molecule is C=C(CN=[N+]=[N-])CN=[N+]=[N-]. The summed E-state index contributed by atoms with van der Waals surface area (Å²) in [4.78, 5) is 5.03. The maximum Gasteiger partial charge on any atom is 0.0468 e. The molecule has 0 aliphatic heterocycles. The van der Waals surface area contributed by atoms with Gasteiger partial charge in [0.2, 0.25) is 0 Å². The fraction of sp³-hybridized carbons (Fsp3) is 0.500. The Morgan fingerprint density at radius 3 is 1.90 bits per heavy atom. The zero-order chi connectivity index (χ0) is 7.82. The van der Waals surface area contributed by atoms with Gasteiger partial charge < -0.3 is 0 Å². The van der Waals surface area contributed by atoms with Crippen molar-refractivity contribution < 1.29 is 0 Å². The van der Waals surface area contributed by atoms with Crippen molar-refractivity contribution in [2.45, 2.75) is 0 Å². The molecule has 52 valence electrons. The molecule has 0 aromatic heterocycles. The Hall–Kier alpha value is -1.64. The maximum atomic E-state index is 7.85. The molecular weight excluding hydrogens is 132 g/mol. The highest BCUT2D eigenvalue weighted by Gasteiger charge is 1.86. The monoisotopic (exact) mass is 138 g/mol. The Morgan fingerprint density at radius 2 is 1.60 bits per heavy atom. The summed E-state index contributed by atoms with van der Waals surface area (Å²) in [5.41, 5.74) is 16.3. The van der Waals surface area contributed by atoms with E-state index in [2.05, 4.69) is 26.6 Å². The van der Waals surface area contributed by atoms with Crippen LogP contribution in [0.25, 0.3) is 20.9 Å². The summed E-state index contributed by atoms with van der Waals surface area (Å²) in [6.07, 6.45) is 0. The number of nitrogens with zero attached hydrogens (tertiary/aromatic N) is 6. The first-order valence-electron chi connectivity index (χ1n) is 2.49. The van der Waals surface area contributed by atoms with E-state index >= 15 is 0 Å². The molecule has 0 saturated carbocycles. The van der Waals surface area contributed by atoms with Gasteiger partial charge in [0.15, 0.2) is 0 Å².